The second kappa shape index (κ2) is 5.91. The number of hydrogen-bond acceptors (Lipinski definition) is 3. The van der Waals surface area contributed by atoms with Gasteiger partial charge in [0.15, 0.2) is 10.6 Å². The summed E-state index contributed by atoms with van der Waals surface area (Å²) in [6, 6.07) is 11.9. The molecule has 0 aliphatic rings. The molecule has 0 saturated heterocycles. The first-order valence-corrected chi connectivity index (χ1v) is 7.78. The molecule has 0 atom stereocenters. The zero-order valence-corrected chi connectivity index (χ0v) is 13.8. The van der Waals surface area contributed by atoms with Crippen LogP contribution in [0.3, 0.4) is 0 Å². The fraction of sp³-hybridized carbons (Fsp3) is 0.133. The van der Waals surface area contributed by atoms with Crippen molar-refractivity contribution in [2.24, 2.45) is 0 Å². The number of aromatic nitrogens is 4. The second-order valence-corrected chi connectivity index (χ2v) is 5.83. The van der Waals surface area contributed by atoms with Gasteiger partial charge in [0.2, 0.25) is 0 Å². The predicted molar refractivity (Wildman–Crippen MR) is 89.1 cm³/mol. The fourth-order valence-electron chi connectivity index (χ4n) is 2.24. The van der Waals surface area contributed by atoms with Gasteiger partial charge in [-0.3, -0.25) is 14.6 Å². The summed E-state index contributed by atoms with van der Waals surface area (Å²) >= 11 is 8.91. The summed E-state index contributed by atoms with van der Waals surface area (Å²) in [5, 5.41) is 7.20. The Kier molecular flexibility index (Phi) is 3.98. The summed E-state index contributed by atoms with van der Waals surface area (Å²) in [6.45, 7) is 2.12. The molecule has 6 heteroatoms. The van der Waals surface area contributed by atoms with Gasteiger partial charge in [0, 0.05) is 10.7 Å². The van der Waals surface area contributed by atoms with Crippen LogP contribution in [0.4, 0.5) is 0 Å². The Morgan fingerprint density at radius 1 is 1.29 bits per heavy atom. The van der Waals surface area contributed by atoms with E-state index in [4.69, 9.17) is 12.2 Å². The quantitative estimate of drug-likeness (QED) is 0.707. The number of H-pyrrole nitrogens is 1. The lowest BCUT2D eigenvalue weighted by Crippen LogP contribution is -2.02. The normalized spacial score (nSPS) is 10.8. The molecule has 1 N–H and O–H groups in total. The van der Waals surface area contributed by atoms with Gasteiger partial charge in [0.05, 0.1) is 5.69 Å². The molecular formula is C15H13BrN4S. The van der Waals surface area contributed by atoms with E-state index in [2.05, 4.69) is 44.1 Å². The van der Waals surface area contributed by atoms with Crippen molar-refractivity contribution in [1.82, 2.24) is 19.7 Å². The topological polar surface area (TPSA) is 46.5 Å². The highest BCUT2D eigenvalue weighted by Crippen LogP contribution is 2.25. The second-order valence-electron chi connectivity index (χ2n) is 4.53. The Hall–Kier alpha value is -1.79. The molecule has 21 heavy (non-hydrogen) atoms. The van der Waals surface area contributed by atoms with Crippen LogP contribution in [0.25, 0.3) is 17.2 Å². The van der Waals surface area contributed by atoms with E-state index in [1.165, 1.54) is 5.56 Å². The minimum Gasteiger partial charge on any atom is -0.267 e. The number of rotatable bonds is 3. The summed E-state index contributed by atoms with van der Waals surface area (Å²) in [5.41, 5.74) is 3.01. The summed E-state index contributed by atoms with van der Waals surface area (Å²) in [4.78, 5) is 4.36. The first kappa shape index (κ1) is 14.2. The molecule has 0 bridgehead atoms. The molecule has 4 nitrogen and oxygen atoms in total. The number of halogens is 1. The maximum absolute atomic E-state index is 5.40. The number of aryl methyl sites for hydroxylation is 1. The van der Waals surface area contributed by atoms with Gasteiger partial charge in [-0.25, -0.2) is 0 Å². The molecule has 0 unspecified atom stereocenters. The first-order valence-electron chi connectivity index (χ1n) is 6.58. The SMILES string of the molecule is CCc1cc(Br)ccc1-n1c(-c2ccccn2)n[nH]c1=S. The summed E-state index contributed by atoms with van der Waals surface area (Å²) in [7, 11) is 0. The first-order chi connectivity index (χ1) is 10.2. The number of pyridine rings is 1. The van der Waals surface area contributed by atoms with Gasteiger partial charge in [-0.2, -0.15) is 5.10 Å². The lowest BCUT2D eigenvalue weighted by molar-refractivity contribution is 0.985. The Morgan fingerprint density at radius 3 is 2.86 bits per heavy atom. The molecule has 0 amide bonds. The molecule has 0 aliphatic carbocycles. The van der Waals surface area contributed by atoms with Crippen LogP contribution in [0.1, 0.15) is 12.5 Å². The van der Waals surface area contributed by atoms with Gasteiger partial charge in [-0.1, -0.05) is 28.9 Å². The smallest absolute Gasteiger partial charge is 0.200 e. The number of benzene rings is 1. The molecule has 106 valence electrons. The van der Waals surface area contributed by atoms with Gasteiger partial charge in [-0.15, -0.1) is 0 Å². The van der Waals surface area contributed by atoms with Crippen molar-refractivity contribution in [2.45, 2.75) is 13.3 Å². The Morgan fingerprint density at radius 2 is 2.14 bits per heavy atom. The van der Waals surface area contributed by atoms with Crippen molar-refractivity contribution in [2.75, 3.05) is 0 Å². The Labute approximate surface area is 136 Å². The summed E-state index contributed by atoms with van der Waals surface area (Å²) < 4.78 is 3.55. The zero-order valence-electron chi connectivity index (χ0n) is 11.4. The molecule has 2 heterocycles. The van der Waals surface area contributed by atoms with Crippen molar-refractivity contribution < 1.29 is 0 Å². The van der Waals surface area contributed by atoms with Crippen molar-refractivity contribution in [3.63, 3.8) is 0 Å². The number of nitrogens with one attached hydrogen (secondary N) is 1. The van der Waals surface area contributed by atoms with Crippen molar-refractivity contribution >= 4 is 28.1 Å². The van der Waals surface area contributed by atoms with E-state index in [9.17, 15) is 0 Å². The van der Waals surface area contributed by atoms with Crippen molar-refractivity contribution in [3.05, 3.63) is 57.4 Å². The third-order valence-corrected chi connectivity index (χ3v) is 4.00. The van der Waals surface area contributed by atoms with Gasteiger partial charge < -0.3 is 0 Å². The third-order valence-electron chi connectivity index (χ3n) is 3.23. The van der Waals surface area contributed by atoms with E-state index < -0.39 is 0 Å². The highest BCUT2D eigenvalue weighted by molar-refractivity contribution is 9.10. The van der Waals surface area contributed by atoms with Crippen LogP contribution in [-0.2, 0) is 6.42 Å². The van der Waals surface area contributed by atoms with E-state index in [1.54, 1.807) is 6.20 Å². The summed E-state index contributed by atoms with van der Waals surface area (Å²) in [6.07, 6.45) is 2.66. The number of nitrogens with zero attached hydrogens (tertiary/aromatic N) is 3. The standard InChI is InChI=1S/C15H13BrN4S/c1-2-10-9-11(16)6-7-13(10)20-14(18-19-15(20)21)12-5-3-4-8-17-12/h3-9H,2H2,1H3,(H,19,21). The molecule has 0 aliphatic heterocycles. The highest BCUT2D eigenvalue weighted by atomic mass is 79.9. The van der Waals surface area contributed by atoms with Gasteiger partial charge in [0.1, 0.15) is 5.69 Å². The van der Waals surface area contributed by atoms with E-state index in [-0.39, 0.29) is 0 Å². The summed E-state index contributed by atoms with van der Waals surface area (Å²) in [5.74, 6) is 0.720. The van der Waals surface area contributed by atoms with Crippen LogP contribution in [0, 0.1) is 4.77 Å². The minimum absolute atomic E-state index is 0.563. The lowest BCUT2D eigenvalue weighted by Gasteiger charge is -2.11. The van der Waals surface area contributed by atoms with Gasteiger partial charge in [-0.05, 0) is 54.5 Å². The van der Waals surface area contributed by atoms with Crippen LogP contribution in [0.5, 0.6) is 0 Å². The average Bonchev–Trinajstić information content (AvgIpc) is 2.89. The molecule has 3 rings (SSSR count). The average molecular weight is 361 g/mol. The van der Waals surface area contributed by atoms with E-state index in [0.29, 0.717) is 4.77 Å². The van der Waals surface area contributed by atoms with Crippen LogP contribution in [0.15, 0.2) is 47.1 Å². The van der Waals surface area contributed by atoms with Crippen molar-refractivity contribution in [3.8, 4) is 17.2 Å². The van der Waals surface area contributed by atoms with Crippen LogP contribution in [0.2, 0.25) is 0 Å². The molecule has 2 aromatic heterocycles. The molecule has 0 saturated carbocycles. The predicted octanol–water partition coefficient (Wildman–Crippen LogP) is 4.32. The van der Waals surface area contributed by atoms with E-state index in [0.717, 1.165) is 28.1 Å². The molecule has 1 aromatic carbocycles. The van der Waals surface area contributed by atoms with Crippen molar-refractivity contribution in [1.29, 1.82) is 0 Å². The van der Waals surface area contributed by atoms with Crippen LogP contribution >= 0.6 is 28.1 Å². The third kappa shape index (κ3) is 2.69. The van der Waals surface area contributed by atoms with E-state index >= 15 is 0 Å². The maximum Gasteiger partial charge on any atom is 0.200 e. The molecule has 3 aromatic rings. The fourth-order valence-corrected chi connectivity index (χ4v) is 2.88. The largest absolute Gasteiger partial charge is 0.267 e. The van der Waals surface area contributed by atoms with Gasteiger partial charge >= 0.3 is 0 Å². The molecule has 0 spiro atoms. The van der Waals surface area contributed by atoms with Crippen LogP contribution in [-0.4, -0.2) is 19.7 Å². The number of aromatic amines is 1. The van der Waals surface area contributed by atoms with Gasteiger partial charge in [0.25, 0.3) is 0 Å². The lowest BCUT2D eigenvalue weighted by atomic mass is 10.1. The Bertz CT molecular complexity index is 823. The highest BCUT2D eigenvalue weighted by Gasteiger charge is 2.14. The van der Waals surface area contributed by atoms with E-state index in [1.807, 2.05) is 34.9 Å². The number of hydrogen-bond donors (Lipinski definition) is 1. The van der Waals surface area contributed by atoms with Crippen LogP contribution < -0.4 is 0 Å². The molecule has 0 radical (unpaired) electrons. The molecular weight excluding hydrogens is 348 g/mol. The molecule has 0 fully saturated rings. The Balaban J connectivity index is 2.25. The monoisotopic (exact) mass is 360 g/mol. The zero-order chi connectivity index (χ0) is 14.8. The minimum atomic E-state index is 0.563. The maximum atomic E-state index is 5.40.